The van der Waals surface area contributed by atoms with Gasteiger partial charge in [0.25, 0.3) is 0 Å². The zero-order valence-electron chi connectivity index (χ0n) is 29.9. The molecule has 0 aromatic rings. The maximum Gasteiger partial charge on any atom is 0.341 e. The fraction of sp³-hybridized carbons (Fsp3) is 0.946. The molecular formula is C37H63N4O7+. The van der Waals surface area contributed by atoms with Crippen molar-refractivity contribution in [3.63, 3.8) is 0 Å². The molecule has 11 nitrogen and oxygen atoms in total. The van der Waals surface area contributed by atoms with E-state index >= 15 is 0 Å². The Hall–Kier alpha value is -1.18. The van der Waals surface area contributed by atoms with Crippen molar-refractivity contribution in [2.75, 3.05) is 0 Å². The number of piperidine rings is 2. The molecule has 0 amide bonds. The van der Waals surface area contributed by atoms with Crippen LogP contribution in [0.5, 0.6) is 0 Å². The summed E-state index contributed by atoms with van der Waals surface area (Å²) in [4.78, 5) is 27.2. The molecule has 0 bridgehead atoms. The van der Waals surface area contributed by atoms with Crippen LogP contribution in [-0.2, 0) is 28.5 Å². The molecule has 1 saturated carbocycles. The summed E-state index contributed by atoms with van der Waals surface area (Å²) < 4.78 is 25.6. The third kappa shape index (κ3) is 6.64. The van der Waals surface area contributed by atoms with E-state index in [9.17, 15) is 14.7 Å². The predicted octanol–water partition coefficient (Wildman–Crippen LogP) is 1.86. The molecule has 8 N–H and O–H groups in total. The van der Waals surface area contributed by atoms with Gasteiger partial charge >= 0.3 is 5.97 Å². The lowest BCUT2D eigenvalue weighted by atomic mass is 9.62. The normalized spacial score (nSPS) is 50.7. The van der Waals surface area contributed by atoms with E-state index in [1.807, 2.05) is 20.8 Å². The highest BCUT2D eigenvalue weighted by Gasteiger charge is 2.66. The van der Waals surface area contributed by atoms with Crippen molar-refractivity contribution >= 4 is 11.8 Å². The molecule has 11 heteroatoms. The largest absolute Gasteiger partial charge is 0.457 e. The van der Waals surface area contributed by atoms with Crippen molar-refractivity contribution < 1.29 is 39.0 Å². The van der Waals surface area contributed by atoms with Gasteiger partial charge in [0.1, 0.15) is 23.7 Å². The van der Waals surface area contributed by atoms with Gasteiger partial charge in [-0.05, 0) is 77.6 Å². The van der Waals surface area contributed by atoms with Crippen LogP contribution in [0.1, 0.15) is 112 Å². The summed E-state index contributed by atoms with van der Waals surface area (Å²) in [7, 11) is 0. The van der Waals surface area contributed by atoms with Crippen molar-refractivity contribution in [3.05, 3.63) is 0 Å². The molecule has 6 aliphatic heterocycles. The molecule has 1 aliphatic carbocycles. The van der Waals surface area contributed by atoms with Crippen molar-refractivity contribution in [2.24, 2.45) is 47.0 Å². The lowest BCUT2D eigenvalue weighted by Crippen LogP contribution is -3.00. The molecule has 1 spiro atoms. The SMILES string of the molecule is CC1CC(=O)C2C(CC3OC(C)(C)C4OC(=O)C5(CCCCC4C3C2O)OC5CCC2CC(N)NC(C3CC(N)[NH2+]C(C(C)C)C3)C2)O1. The van der Waals surface area contributed by atoms with E-state index in [4.69, 9.17) is 30.4 Å². The van der Waals surface area contributed by atoms with E-state index in [1.54, 1.807) is 0 Å². The summed E-state index contributed by atoms with van der Waals surface area (Å²) in [5, 5.41) is 17.8. The Morgan fingerprint density at radius 3 is 2.58 bits per heavy atom. The van der Waals surface area contributed by atoms with E-state index in [0.29, 0.717) is 49.1 Å². The van der Waals surface area contributed by atoms with Crippen LogP contribution in [0.4, 0.5) is 0 Å². The van der Waals surface area contributed by atoms with Gasteiger partial charge in [0.05, 0.1) is 48.6 Å². The highest BCUT2D eigenvalue weighted by Crippen LogP contribution is 2.53. The van der Waals surface area contributed by atoms with Crippen molar-refractivity contribution in [1.82, 2.24) is 5.32 Å². The van der Waals surface area contributed by atoms with Crippen molar-refractivity contribution in [3.8, 4) is 0 Å². The summed E-state index contributed by atoms with van der Waals surface area (Å²) in [6, 6.07) is 0.907. The standard InChI is InChI=1S/C37H62N4O7/c1-18(2)23-15-21(16-30(39)40-23)24-13-20(14-29(38)41-24)9-10-28-37(48-28)11-7-6-8-22-31-27(47-36(4,5)34(22)46-35(37)44)17-26-32(33(31)43)25(42)12-19(3)45-26/h18-24,26-34,40-41,43H,6-17,38-39H2,1-5H3/p+1. The van der Waals surface area contributed by atoms with Gasteiger partial charge in [-0.3, -0.25) is 15.8 Å². The first-order valence-electron chi connectivity index (χ1n) is 19.3. The van der Waals surface area contributed by atoms with Gasteiger partial charge in [0.15, 0.2) is 5.60 Å². The summed E-state index contributed by atoms with van der Waals surface area (Å²) >= 11 is 0. The quantitative estimate of drug-likeness (QED) is 0.214. The first kappa shape index (κ1) is 35.2. The zero-order valence-corrected chi connectivity index (χ0v) is 29.9. The Morgan fingerprint density at radius 1 is 1.02 bits per heavy atom. The number of hydrogen-bond acceptors (Lipinski definition) is 10. The summed E-state index contributed by atoms with van der Waals surface area (Å²) in [6.45, 7) is 10.5. The van der Waals surface area contributed by atoms with Crippen molar-refractivity contribution in [1.29, 1.82) is 0 Å². The molecule has 272 valence electrons. The third-order valence-corrected chi connectivity index (χ3v) is 13.6. The number of ketones is 1. The highest BCUT2D eigenvalue weighted by molar-refractivity contribution is 5.84. The molecule has 16 atom stereocenters. The van der Waals surface area contributed by atoms with Crippen LogP contribution in [0.15, 0.2) is 0 Å². The Balaban J connectivity index is 1.00. The number of carbonyl (C=O) groups is 2. The van der Waals surface area contributed by atoms with Crippen LogP contribution in [0.2, 0.25) is 0 Å². The fourth-order valence-corrected chi connectivity index (χ4v) is 11.2. The van der Waals surface area contributed by atoms with Crippen LogP contribution in [0, 0.1) is 35.5 Å². The van der Waals surface area contributed by atoms with Crippen molar-refractivity contribution in [2.45, 2.75) is 184 Å². The number of hydrogen-bond donors (Lipinski definition) is 5. The molecule has 6 heterocycles. The number of nitrogens with one attached hydrogen (secondary N) is 1. The molecular weight excluding hydrogens is 612 g/mol. The first-order chi connectivity index (χ1) is 22.8. The van der Waals surface area contributed by atoms with Gasteiger partial charge in [-0.25, -0.2) is 4.79 Å². The number of rotatable bonds is 5. The topological polar surface area (TPSA) is 175 Å². The average Bonchev–Trinajstić information content (AvgIpc) is 3.70. The number of fused-ring (bicyclic) bond motifs is 4. The van der Waals surface area contributed by atoms with Gasteiger partial charge in [-0.2, -0.15) is 0 Å². The highest BCUT2D eigenvalue weighted by atomic mass is 16.7. The second-order valence-electron chi connectivity index (χ2n) is 17.8. The summed E-state index contributed by atoms with van der Waals surface area (Å²) in [5.74, 6) is 0.420. The lowest BCUT2D eigenvalue weighted by molar-refractivity contribution is -0.737. The van der Waals surface area contributed by atoms with E-state index in [-0.39, 0.29) is 60.3 Å². The minimum absolute atomic E-state index is 0.0316. The number of epoxide rings is 1. The van der Waals surface area contributed by atoms with Crippen LogP contribution in [0.3, 0.4) is 0 Å². The van der Waals surface area contributed by atoms with E-state index in [0.717, 1.165) is 57.8 Å². The van der Waals surface area contributed by atoms with E-state index in [2.05, 4.69) is 24.5 Å². The number of Topliss-reactive ketones (excluding diaryl/α,β-unsaturated/α-hetero) is 1. The van der Waals surface area contributed by atoms with Gasteiger partial charge in [-0.1, -0.05) is 20.3 Å². The maximum absolute atomic E-state index is 14.1. The number of ether oxygens (including phenoxy) is 4. The monoisotopic (exact) mass is 675 g/mol. The summed E-state index contributed by atoms with van der Waals surface area (Å²) in [6.07, 6.45) is 7.84. The minimum atomic E-state index is -0.910. The molecule has 7 rings (SSSR count). The maximum atomic E-state index is 14.1. The Labute approximate surface area is 286 Å². The summed E-state index contributed by atoms with van der Waals surface area (Å²) in [5.41, 5.74) is 11.4. The van der Waals surface area contributed by atoms with Gasteiger partial charge in [0, 0.05) is 49.5 Å². The molecule has 7 fully saturated rings. The van der Waals surface area contributed by atoms with E-state index in [1.165, 1.54) is 0 Å². The molecule has 0 aromatic heterocycles. The Bertz CT molecular complexity index is 1200. The Morgan fingerprint density at radius 2 is 1.81 bits per heavy atom. The predicted molar refractivity (Wildman–Crippen MR) is 178 cm³/mol. The minimum Gasteiger partial charge on any atom is -0.457 e. The second-order valence-corrected chi connectivity index (χ2v) is 17.8. The number of nitrogens with two attached hydrogens (primary N) is 3. The van der Waals surface area contributed by atoms with Crippen LogP contribution in [0.25, 0.3) is 0 Å². The van der Waals surface area contributed by atoms with Gasteiger partial charge < -0.3 is 35.1 Å². The molecule has 16 unspecified atom stereocenters. The smallest absolute Gasteiger partial charge is 0.341 e. The molecule has 7 aliphatic rings. The second kappa shape index (κ2) is 13.4. The van der Waals surface area contributed by atoms with Gasteiger partial charge in [-0.15, -0.1) is 0 Å². The van der Waals surface area contributed by atoms with Gasteiger partial charge in [0.2, 0.25) is 0 Å². The third-order valence-electron chi connectivity index (χ3n) is 13.6. The number of quaternary nitrogens is 1. The zero-order chi connectivity index (χ0) is 34.1. The number of esters is 1. The fourth-order valence-electron chi connectivity index (χ4n) is 11.2. The van der Waals surface area contributed by atoms with Crippen LogP contribution < -0.4 is 22.1 Å². The average molecular weight is 676 g/mol. The molecule has 48 heavy (non-hydrogen) atoms. The van der Waals surface area contributed by atoms with E-state index < -0.39 is 29.3 Å². The number of aliphatic hydroxyl groups is 1. The van der Waals surface area contributed by atoms with Crippen LogP contribution >= 0.6 is 0 Å². The molecule has 6 saturated heterocycles. The first-order valence-corrected chi connectivity index (χ1v) is 19.3. The number of aliphatic hydroxyl groups excluding tert-OH is 1. The lowest BCUT2D eigenvalue weighted by Gasteiger charge is -2.57. The molecule has 0 radical (unpaired) electrons. The number of carbonyl (C=O) groups excluding carboxylic acids is 2. The molecule has 0 aromatic carbocycles. The Kier molecular flexibility index (Phi) is 9.85. The van der Waals surface area contributed by atoms with Crippen LogP contribution in [-0.4, -0.2) is 89.1 Å².